The third kappa shape index (κ3) is 6.55. The second-order valence-corrected chi connectivity index (χ2v) is 8.53. The molecule has 1 fully saturated rings. The molecule has 2 heterocycles. The summed E-state index contributed by atoms with van der Waals surface area (Å²) in [6.07, 6.45) is 11.1. The van der Waals surface area contributed by atoms with Gasteiger partial charge in [0.2, 0.25) is 5.91 Å². The summed E-state index contributed by atoms with van der Waals surface area (Å²) in [6, 6.07) is 6.68. The number of nitrogens with one attached hydrogen (secondary N) is 3. The van der Waals surface area contributed by atoms with Crippen molar-refractivity contribution in [2.24, 2.45) is 4.99 Å². The molecule has 36 heavy (non-hydrogen) atoms. The first kappa shape index (κ1) is 26.6. The summed E-state index contributed by atoms with van der Waals surface area (Å²) in [5, 5.41) is 15.3. The molecule has 3 rings (SSSR count). The summed E-state index contributed by atoms with van der Waals surface area (Å²) in [5.74, 6) is -0.00734. The smallest absolute Gasteiger partial charge is 0.256 e. The van der Waals surface area contributed by atoms with E-state index in [1.54, 1.807) is 60.6 Å². The number of pyridine rings is 1. The van der Waals surface area contributed by atoms with Gasteiger partial charge in [-0.1, -0.05) is 49.0 Å². The summed E-state index contributed by atoms with van der Waals surface area (Å²) < 4.78 is 0. The summed E-state index contributed by atoms with van der Waals surface area (Å²) in [5.41, 5.74) is 2.35. The summed E-state index contributed by atoms with van der Waals surface area (Å²) in [6.45, 7) is 8.38. The number of nitrogens with zero attached hydrogens (tertiary/aromatic N) is 3. The van der Waals surface area contributed by atoms with Gasteiger partial charge in [0.05, 0.1) is 16.4 Å². The zero-order valence-corrected chi connectivity index (χ0v) is 20.9. The maximum absolute atomic E-state index is 12.6. The molecule has 0 bridgehead atoms. The van der Waals surface area contributed by atoms with Gasteiger partial charge in [0.25, 0.3) is 5.91 Å². The SMILES string of the molecule is C=C/C=C\C(=NC)NC(=O)c1ccc(C(=N)c2cncc(Cl)c2NC2CCCN(C(=O)C=C)C2)cc1. The van der Waals surface area contributed by atoms with Crippen LogP contribution in [-0.4, -0.2) is 59.4 Å². The van der Waals surface area contributed by atoms with Gasteiger partial charge in [0, 0.05) is 55.3 Å². The Morgan fingerprint density at radius 1 is 1.22 bits per heavy atom. The maximum atomic E-state index is 12.6. The molecule has 1 unspecified atom stereocenters. The molecular formula is C27H29ClN6O2. The van der Waals surface area contributed by atoms with E-state index in [-0.39, 0.29) is 23.6 Å². The van der Waals surface area contributed by atoms with E-state index in [2.05, 4.69) is 33.8 Å². The van der Waals surface area contributed by atoms with Gasteiger partial charge in [0.1, 0.15) is 5.84 Å². The van der Waals surface area contributed by atoms with Crippen LogP contribution < -0.4 is 10.6 Å². The van der Waals surface area contributed by atoms with E-state index in [1.165, 1.54) is 12.3 Å². The summed E-state index contributed by atoms with van der Waals surface area (Å²) in [7, 11) is 1.58. The number of amidine groups is 1. The number of likely N-dealkylation sites (tertiary alicyclic amines) is 1. The molecule has 2 amide bonds. The molecule has 8 nitrogen and oxygen atoms in total. The monoisotopic (exact) mass is 504 g/mol. The first-order valence-corrected chi connectivity index (χ1v) is 11.8. The Morgan fingerprint density at radius 2 is 1.94 bits per heavy atom. The van der Waals surface area contributed by atoms with Crippen molar-refractivity contribution in [1.82, 2.24) is 15.2 Å². The van der Waals surface area contributed by atoms with Gasteiger partial charge in [-0.3, -0.25) is 25.0 Å². The fraction of sp³-hybridized carbons (Fsp3) is 0.222. The van der Waals surface area contributed by atoms with E-state index < -0.39 is 0 Å². The predicted octanol–water partition coefficient (Wildman–Crippen LogP) is 4.24. The molecule has 1 aliphatic heterocycles. The number of benzene rings is 1. The van der Waals surface area contributed by atoms with Gasteiger partial charge in [0.15, 0.2) is 0 Å². The van der Waals surface area contributed by atoms with Crippen LogP contribution in [0.1, 0.15) is 34.3 Å². The van der Waals surface area contributed by atoms with Crippen LogP contribution in [0.2, 0.25) is 5.02 Å². The molecule has 0 saturated carbocycles. The van der Waals surface area contributed by atoms with Gasteiger partial charge in [-0.25, -0.2) is 0 Å². The summed E-state index contributed by atoms with van der Waals surface area (Å²) in [4.78, 5) is 34.6. The van der Waals surface area contributed by atoms with Crippen molar-refractivity contribution in [1.29, 1.82) is 5.41 Å². The van der Waals surface area contributed by atoms with Gasteiger partial charge in [-0.2, -0.15) is 0 Å². The number of aromatic nitrogens is 1. The normalized spacial score (nSPS) is 15.9. The lowest BCUT2D eigenvalue weighted by Crippen LogP contribution is -2.44. The lowest BCUT2D eigenvalue weighted by Gasteiger charge is -2.33. The molecule has 2 aromatic rings. The van der Waals surface area contributed by atoms with Crippen molar-refractivity contribution in [3.05, 3.63) is 95.8 Å². The van der Waals surface area contributed by atoms with Crippen LogP contribution in [0.5, 0.6) is 0 Å². The maximum Gasteiger partial charge on any atom is 0.256 e. The van der Waals surface area contributed by atoms with E-state index in [1.807, 2.05) is 0 Å². The Labute approximate surface area is 216 Å². The zero-order valence-electron chi connectivity index (χ0n) is 20.1. The Balaban J connectivity index is 1.78. The molecule has 1 aromatic carbocycles. The Bertz CT molecular complexity index is 1220. The second-order valence-electron chi connectivity index (χ2n) is 8.13. The average molecular weight is 505 g/mol. The molecule has 1 aliphatic rings. The minimum absolute atomic E-state index is 0.0234. The van der Waals surface area contributed by atoms with Crippen LogP contribution in [0.15, 0.2) is 79.1 Å². The van der Waals surface area contributed by atoms with E-state index in [0.717, 1.165) is 12.8 Å². The highest BCUT2D eigenvalue weighted by molar-refractivity contribution is 6.34. The van der Waals surface area contributed by atoms with E-state index in [9.17, 15) is 9.59 Å². The molecule has 0 aliphatic carbocycles. The molecule has 186 valence electrons. The van der Waals surface area contributed by atoms with Crippen molar-refractivity contribution in [3.63, 3.8) is 0 Å². The minimum atomic E-state index is -0.315. The fourth-order valence-corrected chi connectivity index (χ4v) is 4.08. The van der Waals surface area contributed by atoms with Crippen LogP contribution in [0.3, 0.4) is 0 Å². The Kier molecular flexibility index (Phi) is 9.30. The van der Waals surface area contributed by atoms with Crippen molar-refractivity contribution in [2.45, 2.75) is 18.9 Å². The zero-order chi connectivity index (χ0) is 26.1. The molecule has 0 radical (unpaired) electrons. The van der Waals surface area contributed by atoms with Crippen molar-refractivity contribution in [2.75, 3.05) is 25.5 Å². The number of halogens is 1. The van der Waals surface area contributed by atoms with Crippen LogP contribution in [0.25, 0.3) is 0 Å². The van der Waals surface area contributed by atoms with Crippen LogP contribution in [0.4, 0.5) is 5.69 Å². The van der Waals surface area contributed by atoms with Gasteiger partial charge >= 0.3 is 0 Å². The topological polar surface area (TPSA) is 111 Å². The van der Waals surface area contributed by atoms with Crippen molar-refractivity contribution >= 4 is 40.6 Å². The number of hydrogen-bond donors (Lipinski definition) is 3. The number of aliphatic imine (C=N–C) groups is 1. The van der Waals surface area contributed by atoms with Crippen molar-refractivity contribution in [3.8, 4) is 0 Å². The van der Waals surface area contributed by atoms with Gasteiger partial charge in [-0.15, -0.1) is 0 Å². The Hall–Kier alpha value is -4.04. The predicted molar refractivity (Wildman–Crippen MR) is 145 cm³/mol. The lowest BCUT2D eigenvalue weighted by molar-refractivity contribution is -0.127. The first-order chi connectivity index (χ1) is 17.4. The van der Waals surface area contributed by atoms with Crippen molar-refractivity contribution < 1.29 is 9.59 Å². The van der Waals surface area contributed by atoms with E-state index >= 15 is 0 Å². The number of piperidine rings is 1. The average Bonchev–Trinajstić information content (AvgIpc) is 2.91. The van der Waals surface area contributed by atoms with Gasteiger partial charge in [-0.05, 0) is 37.1 Å². The molecule has 9 heteroatoms. The number of anilines is 1. The molecular weight excluding hydrogens is 476 g/mol. The second kappa shape index (κ2) is 12.6. The molecule has 1 atom stereocenters. The lowest BCUT2D eigenvalue weighted by atomic mass is 9.99. The first-order valence-electron chi connectivity index (χ1n) is 11.5. The highest BCUT2D eigenvalue weighted by atomic mass is 35.5. The standard InChI is InChI=1S/C27H29ClN6O2/c1-4-6-9-23(30-3)33-27(36)19-12-10-18(11-13-19)25(29)21-15-31-16-22(28)26(21)32-20-8-7-14-34(17-20)24(35)5-2/h4-6,9-13,15-16,20,29H,1-2,7-8,14,17H2,3H3,(H,31,32)(H,30,33,36)/b9-6-,29-25?. The van der Waals surface area contributed by atoms with Crippen LogP contribution in [-0.2, 0) is 4.79 Å². The number of carbonyl (C=O) groups excluding carboxylic acids is 2. The fourth-order valence-electron chi connectivity index (χ4n) is 3.86. The minimum Gasteiger partial charge on any atom is -0.379 e. The van der Waals surface area contributed by atoms with E-state index in [4.69, 9.17) is 17.0 Å². The molecule has 0 spiro atoms. The molecule has 3 N–H and O–H groups in total. The van der Waals surface area contributed by atoms with Crippen LogP contribution >= 0.6 is 11.6 Å². The highest BCUT2D eigenvalue weighted by Crippen LogP contribution is 2.29. The largest absolute Gasteiger partial charge is 0.379 e. The van der Waals surface area contributed by atoms with E-state index in [0.29, 0.717) is 46.3 Å². The third-order valence-electron chi connectivity index (χ3n) is 5.73. The quantitative estimate of drug-likeness (QED) is 0.216. The number of allylic oxidation sites excluding steroid dienone is 2. The highest BCUT2D eigenvalue weighted by Gasteiger charge is 2.24. The summed E-state index contributed by atoms with van der Waals surface area (Å²) >= 11 is 6.48. The number of amides is 2. The van der Waals surface area contributed by atoms with Crippen LogP contribution in [0, 0.1) is 5.41 Å². The molecule has 1 saturated heterocycles. The Morgan fingerprint density at radius 3 is 2.61 bits per heavy atom. The third-order valence-corrected chi connectivity index (χ3v) is 6.02. The number of hydrogen-bond acceptors (Lipinski definition) is 6. The van der Waals surface area contributed by atoms with Gasteiger partial charge < -0.3 is 15.5 Å². The molecule has 1 aromatic heterocycles. The number of carbonyl (C=O) groups is 2. The number of rotatable bonds is 8.